The molecule has 4 rings (SSSR count). The van der Waals surface area contributed by atoms with Gasteiger partial charge in [0.25, 0.3) is 0 Å². The molecule has 1 aliphatic heterocycles. The SMILES string of the molecule is O=C(O)Cn1c(/C=C/c2ccccc2)nc2cc3c(cc21)OCO3. The van der Waals surface area contributed by atoms with E-state index >= 15 is 0 Å². The Hall–Kier alpha value is -3.28. The van der Waals surface area contributed by atoms with E-state index in [0.717, 1.165) is 5.56 Å². The highest BCUT2D eigenvalue weighted by atomic mass is 16.7. The summed E-state index contributed by atoms with van der Waals surface area (Å²) in [6.07, 6.45) is 3.71. The third-order valence-electron chi connectivity index (χ3n) is 3.79. The Morgan fingerprint density at radius 2 is 1.92 bits per heavy atom. The highest BCUT2D eigenvalue weighted by Gasteiger charge is 2.19. The monoisotopic (exact) mass is 322 g/mol. The highest BCUT2D eigenvalue weighted by molar-refractivity contribution is 5.85. The summed E-state index contributed by atoms with van der Waals surface area (Å²) in [7, 11) is 0. The summed E-state index contributed by atoms with van der Waals surface area (Å²) in [6.45, 7) is -0.00769. The third kappa shape index (κ3) is 2.58. The lowest BCUT2D eigenvalue weighted by atomic mass is 10.2. The van der Waals surface area contributed by atoms with Crippen LogP contribution in [0, 0.1) is 0 Å². The molecular weight excluding hydrogens is 308 g/mol. The van der Waals surface area contributed by atoms with Gasteiger partial charge in [-0.05, 0) is 11.6 Å². The predicted octanol–water partition coefficient (Wildman–Crippen LogP) is 3.02. The van der Waals surface area contributed by atoms with E-state index in [9.17, 15) is 9.90 Å². The summed E-state index contributed by atoms with van der Waals surface area (Å²) in [6, 6.07) is 13.3. The second-order valence-corrected chi connectivity index (χ2v) is 5.39. The number of fused-ring (bicyclic) bond motifs is 2. The van der Waals surface area contributed by atoms with Crippen molar-refractivity contribution in [1.82, 2.24) is 9.55 Å². The maximum Gasteiger partial charge on any atom is 0.323 e. The van der Waals surface area contributed by atoms with Crippen molar-refractivity contribution in [3.63, 3.8) is 0 Å². The zero-order valence-electron chi connectivity index (χ0n) is 12.7. The number of nitrogens with zero attached hydrogens (tertiary/aromatic N) is 2. The first-order chi connectivity index (χ1) is 11.7. The second kappa shape index (κ2) is 5.73. The Labute approximate surface area is 137 Å². The van der Waals surface area contributed by atoms with E-state index in [1.54, 1.807) is 16.7 Å². The molecule has 0 aliphatic carbocycles. The molecule has 0 amide bonds. The van der Waals surface area contributed by atoms with Crippen molar-refractivity contribution < 1.29 is 19.4 Å². The van der Waals surface area contributed by atoms with E-state index in [1.807, 2.05) is 42.5 Å². The largest absolute Gasteiger partial charge is 0.480 e. The molecule has 0 saturated carbocycles. The second-order valence-electron chi connectivity index (χ2n) is 5.39. The number of carboxylic acid groups (broad SMARTS) is 1. The molecule has 1 aromatic heterocycles. The van der Waals surface area contributed by atoms with E-state index in [2.05, 4.69) is 4.98 Å². The summed E-state index contributed by atoms with van der Waals surface area (Å²) in [5.41, 5.74) is 2.39. The van der Waals surface area contributed by atoms with Crippen molar-refractivity contribution in [2.24, 2.45) is 0 Å². The van der Waals surface area contributed by atoms with Crippen LogP contribution in [-0.4, -0.2) is 27.4 Å². The van der Waals surface area contributed by atoms with Gasteiger partial charge in [0.05, 0.1) is 11.0 Å². The molecule has 6 nitrogen and oxygen atoms in total. The van der Waals surface area contributed by atoms with Crippen LogP contribution in [0.3, 0.4) is 0 Å². The fourth-order valence-corrected chi connectivity index (χ4v) is 2.70. The average molecular weight is 322 g/mol. The summed E-state index contributed by atoms with van der Waals surface area (Å²) >= 11 is 0. The van der Waals surface area contributed by atoms with Gasteiger partial charge in [-0.3, -0.25) is 4.79 Å². The van der Waals surface area contributed by atoms with Gasteiger partial charge in [0.2, 0.25) is 6.79 Å². The van der Waals surface area contributed by atoms with Crippen molar-refractivity contribution in [2.45, 2.75) is 6.54 Å². The Morgan fingerprint density at radius 1 is 1.17 bits per heavy atom. The van der Waals surface area contributed by atoms with Crippen LogP contribution in [-0.2, 0) is 11.3 Å². The molecule has 3 aromatic rings. The number of hydrogen-bond acceptors (Lipinski definition) is 4. The van der Waals surface area contributed by atoms with Crippen LogP contribution in [0.25, 0.3) is 23.2 Å². The first kappa shape index (κ1) is 14.3. The minimum Gasteiger partial charge on any atom is -0.480 e. The molecule has 1 aliphatic rings. The van der Waals surface area contributed by atoms with E-state index in [-0.39, 0.29) is 13.3 Å². The van der Waals surface area contributed by atoms with Gasteiger partial charge in [0.1, 0.15) is 12.4 Å². The Kier molecular flexibility index (Phi) is 3.42. The van der Waals surface area contributed by atoms with Gasteiger partial charge in [-0.1, -0.05) is 36.4 Å². The van der Waals surface area contributed by atoms with E-state index < -0.39 is 5.97 Å². The fourth-order valence-electron chi connectivity index (χ4n) is 2.70. The van der Waals surface area contributed by atoms with Gasteiger partial charge in [0.15, 0.2) is 11.5 Å². The number of benzene rings is 2. The lowest BCUT2D eigenvalue weighted by Gasteiger charge is -2.04. The number of carboxylic acids is 1. The molecule has 1 N–H and O–H groups in total. The zero-order chi connectivity index (χ0) is 16.5. The molecule has 0 radical (unpaired) electrons. The van der Waals surface area contributed by atoms with Gasteiger partial charge in [-0.15, -0.1) is 0 Å². The number of aromatic nitrogens is 2. The number of hydrogen-bond donors (Lipinski definition) is 1. The molecule has 0 fully saturated rings. The van der Waals surface area contributed by atoms with Gasteiger partial charge in [-0.25, -0.2) is 4.98 Å². The van der Waals surface area contributed by atoms with Crippen LogP contribution in [0.4, 0.5) is 0 Å². The number of carbonyl (C=O) groups is 1. The van der Waals surface area contributed by atoms with Crippen molar-refractivity contribution in [1.29, 1.82) is 0 Å². The molecule has 2 aromatic carbocycles. The zero-order valence-corrected chi connectivity index (χ0v) is 12.7. The van der Waals surface area contributed by atoms with Crippen molar-refractivity contribution in [3.05, 3.63) is 53.9 Å². The van der Waals surface area contributed by atoms with Gasteiger partial charge in [-0.2, -0.15) is 0 Å². The van der Waals surface area contributed by atoms with Crippen LogP contribution in [0.2, 0.25) is 0 Å². The van der Waals surface area contributed by atoms with Gasteiger partial charge < -0.3 is 19.1 Å². The van der Waals surface area contributed by atoms with Crippen LogP contribution < -0.4 is 9.47 Å². The molecule has 120 valence electrons. The van der Waals surface area contributed by atoms with Crippen LogP contribution in [0.15, 0.2) is 42.5 Å². The summed E-state index contributed by atoms with van der Waals surface area (Å²) in [4.78, 5) is 15.8. The lowest BCUT2D eigenvalue weighted by molar-refractivity contribution is -0.137. The number of imidazole rings is 1. The first-order valence-electron chi connectivity index (χ1n) is 7.45. The molecule has 24 heavy (non-hydrogen) atoms. The molecule has 0 spiro atoms. The summed E-state index contributed by atoms with van der Waals surface area (Å²) < 4.78 is 12.4. The molecule has 0 saturated heterocycles. The molecule has 2 heterocycles. The molecule has 6 heteroatoms. The van der Waals surface area contributed by atoms with E-state index in [0.29, 0.717) is 28.4 Å². The number of rotatable bonds is 4. The number of ether oxygens (including phenoxy) is 2. The van der Waals surface area contributed by atoms with Crippen LogP contribution in [0.1, 0.15) is 11.4 Å². The number of aliphatic carboxylic acids is 1. The normalized spacial score (nSPS) is 13.0. The first-order valence-corrected chi connectivity index (χ1v) is 7.45. The standard InChI is InChI=1S/C18H14N2O4/c21-18(22)10-20-14-9-16-15(23-11-24-16)8-13(14)19-17(20)7-6-12-4-2-1-3-5-12/h1-9H,10-11H2,(H,21,22)/b7-6+. The van der Waals surface area contributed by atoms with Crippen LogP contribution in [0.5, 0.6) is 11.5 Å². The summed E-state index contributed by atoms with van der Waals surface area (Å²) in [5, 5.41) is 9.22. The molecular formula is C18H14N2O4. The third-order valence-corrected chi connectivity index (χ3v) is 3.79. The topological polar surface area (TPSA) is 73.6 Å². The van der Waals surface area contributed by atoms with Crippen molar-refractivity contribution in [3.8, 4) is 11.5 Å². The Morgan fingerprint density at radius 3 is 2.67 bits per heavy atom. The van der Waals surface area contributed by atoms with Crippen LogP contribution >= 0.6 is 0 Å². The maximum absolute atomic E-state index is 11.2. The minimum atomic E-state index is -0.929. The van der Waals surface area contributed by atoms with Gasteiger partial charge >= 0.3 is 5.97 Å². The predicted molar refractivity (Wildman–Crippen MR) is 88.9 cm³/mol. The molecule has 0 bridgehead atoms. The minimum absolute atomic E-state index is 0.168. The van der Waals surface area contributed by atoms with Crippen molar-refractivity contribution >= 4 is 29.2 Å². The molecule has 0 atom stereocenters. The van der Waals surface area contributed by atoms with E-state index in [1.165, 1.54) is 0 Å². The average Bonchev–Trinajstić information content (AvgIpc) is 3.16. The van der Waals surface area contributed by atoms with Gasteiger partial charge in [0, 0.05) is 12.1 Å². The van der Waals surface area contributed by atoms with Crippen molar-refractivity contribution in [2.75, 3.05) is 6.79 Å². The fraction of sp³-hybridized carbons (Fsp3) is 0.111. The van der Waals surface area contributed by atoms with E-state index in [4.69, 9.17) is 9.47 Å². The maximum atomic E-state index is 11.2. The lowest BCUT2D eigenvalue weighted by Crippen LogP contribution is -2.10. The molecule has 0 unspecified atom stereocenters. The highest BCUT2D eigenvalue weighted by Crippen LogP contribution is 2.36. The smallest absolute Gasteiger partial charge is 0.323 e. The Bertz CT molecular complexity index is 945. The quantitative estimate of drug-likeness (QED) is 0.799. The summed E-state index contributed by atoms with van der Waals surface area (Å²) in [5.74, 6) is 0.870. The Balaban J connectivity index is 1.81.